The van der Waals surface area contributed by atoms with E-state index < -0.39 is 34.5 Å². The van der Waals surface area contributed by atoms with Gasteiger partial charge in [-0.25, -0.2) is 5.01 Å². The van der Waals surface area contributed by atoms with Crippen molar-refractivity contribution in [3.05, 3.63) is 74.8 Å². The average molecular weight is 478 g/mol. The Hall–Kier alpha value is -3.30. The standard InChI is InChI=1S/C21H17Cl2N3O6/c22-12-11-17(20(29)13-1-5-15(23)6-2-13)24(25-18(27)9-10-19(25)28)21(30)14-3-7-16(8-4-14)26(31)32/h1-8,17H,9-12H2/t17-/m1/s1. The second kappa shape index (κ2) is 9.88. The quantitative estimate of drug-likeness (QED) is 0.188. The number of rotatable bonds is 8. The largest absolute Gasteiger partial charge is 0.292 e. The van der Waals surface area contributed by atoms with Gasteiger partial charge >= 0.3 is 0 Å². The predicted octanol–water partition coefficient (Wildman–Crippen LogP) is 3.63. The summed E-state index contributed by atoms with van der Waals surface area (Å²) in [5, 5.41) is 12.8. The summed E-state index contributed by atoms with van der Waals surface area (Å²) >= 11 is 11.8. The van der Waals surface area contributed by atoms with Gasteiger partial charge in [0.1, 0.15) is 6.04 Å². The van der Waals surface area contributed by atoms with Crippen LogP contribution >= 0.6 is 23.2 Å². The molecule has 11 heteroatoms. The van der Waals surface area contributed by atoms with Crippen molar-refractivity contribution in [2.24, 2.45) is 0 Å². The zero-order valence-electron chi connectivity index (χ0n) is 16.6. The lowest BCUT2D eigenvalue weighted by atomic mass is 10.0. The molecule has 0 saturated carbocycles. The highest BCUT2D eigenvalue weighted by molar-refractivity contribution is 6.30. The molecule has 0 unspecified atom stereocenters. The van der Waals surface area contributed by atoms with E-state index in [9.17, 15) is 29.3 Å². The molecule has 0 spiro atoms. The van der Waals surface area contributed by atoms with E-state index >= 15 is 0 Å². The van der Waals surface area contributed by atoms with Crippen LogP contribution in [0, 0.1) is 10.1 Å². The summed E-state index contributed by atoms with van der Waals surface area (Å²) in [7, 11) is 0. The third-order valence-electron chi connectivity index (χ3n) is 4.88. The van der Waals surface area contributed by atoms with Gasteiger partial charge in [0.2, 0.25) is 11.8 Å². The Kier molecular flexibility index (Phi) is 7.22. The first-order valence-electron chi connectivity index (χ1n) is 9.54. The number of hydrogen-bond acceptors (Lipinski definition) is 6. The van der Waals surface area contributed by atoms with Crippen molar-refractivity contribution in [3.8, 4) is 0 Å². The van der Waals surface area contributed by atoms with Crippen molar-refractivity contribution in [1.82, 2.24) is 10.0 Å². The minimum atomic E-state index is -1.26. The first-order chi connectivity index (χ1) is 15.2. The molecule has 0 radical (unpaired) electrons. The van der Waals surface area contributed by atoms with Crippen LogP contribution in [0.15, 0.2) is 48.5 Å². The molecule has 166 valence electrons. The predicted molar refractivity (Wildman–Crippen MR) is 115 cm³/mol. The number of hydrogen-bond donors (Lipinski definition) is 0. The molecule has 32 heavy (non-hydrogen) atoms. The third-order valence-corrected chi connectivity index (χ3v) is 5.35. The number of nitro benzene ring substituents is 1. The summed E-state index contributed by atoms with van der Waals surface area (Å²) in [6.07, 6.45) is -0.254. The summed E-state index contributed by atoms with van der Waals surface area (Å²) in [6, 6.07) is 9.31. The lowest BCUT2D eigenvalue weighted by Crippen LogP contribution is -2.57. The fraction of sp³-hybridized carbons (Fsp3) is 0.238. The topological polar surface area (TPSA) is 118 Å². The molecule has 1 atom stereocenters. The monoisotopic (exact) mass is 477 g/mol. The number of ketones is 1. The molecule has 9 nitrogen and oxygen atoms in total. The Balaban J connectivity index is 2.06. The first kappa shape index (κ1) is 23.4. The van der Waals surface area contributed by atoms with Gasteiger partial charge in [0, 0.05) is 47.0 Å². The Morgan fingerprint density at radius 1 is 1.00 bits per heavy atom. The number of halogens is 2. The fourth-order valence-corrected chi connectivity index (χ4v) is 3.64. The Bertz CT molecular complexity index is 1060. The van der Waals surface area contributed by atoms with Crippen LogP contribution in [-0.2, 0) is 9.59 Å². The maximum atomic E-state index is 13.4. The van der Waals surface area contributed by atoms with Crippen LogP contribution in [0.3, 0.4) is 0 Å². The van der Waals surface area contributed by atoms with Gasteiger partial charge in [-0.2, -0.15) is 5.01 Å². The Morgan fingerprint density at radius 3 is 2.03 bits per heavy atom. The van der Waals surface area contributed by atoms with E-state index in [2.05, 4.69) is 0 Å². The second-order valence-electron chi connectivity index (χ2n) is 6.92. The van der Waals surface area contributed by atoms with Crippen LogP contribution < -0.4 is 0 Å². The molecule has 1 heterocycles. The summed E-state index contributed by atoms with van der Waals surface area (Å²) in [4.78, 5) is 62.0. The normalized spacial score (nSPS) is 14.4. The molecule has 2 aromatic carbocycles. The number of Topliss-reactive ketones (excluding diaryl/α,β-unsaturated/α-hetero) is 1. The van der Waals surface area contributed by atoms with Crippen LogP contribution in [0.4, 0.5) is 5.69 Å². The number of carbonyl (C=O) groups excluding carboxylic acids is 4. The number of nitrogens with zero attached hydrogens (tertiary/aromatic N) is 3. The van der Waals surface area contributed by atoms with Crippen molar-refractivity contribution in [2.75, 3.05) is 5.88 Å². The number of imide groups is 1. The summed E-state index contributed by atoms with van der Waals surface area (Å²) in [5.74, 6) is -2.67. The summed E-state index contributed by atoms with van der Waals surface area (Å²) in [6.45, 7) is 0. The lowest BCUT2D eigenvalue weighted by molar-refractivity contribution is -0.384. The smallest absolute Gasteiger partial charge is 0.273 e. The van der Waals surface area contributed by atoms with Crippen molar-refractivity contribution < 1.29 is 24.1 Å². The van der Waals surface area contributed by atoms with Gasteiger partial charge < -0.3 is 0 Å². The molecular formula is C21H17Cl2N3O6. The zero-order chi connectivity index (χ0) is 23.4. The molecular weight excluding hydrogens is 461 g/mol. The molecule has 0 bridgehead atoms. The number of non-ortho nitro benzene ring substituents is 1. The van der Waals surface area contributed by atoms with Gasteiger partial charge in [-0.05, 0) is 42.8 Å². The summed E-state index contributed by atoms with van der Waals surface area (Å²) < 4.78 is 0. The van der Waals surface area contributed by atoms with Gasteiger partial charge in [0.05, 0.1) is 4.92 Å². The molecule has 0 aromatic heterocycles. The third kappa shape index (κ3) is 4.79. The molecule has 1 saturated heterocycles. The SMILES string of the molecule is O=C(c1ccc(Cl)cc1)[C@@H](CCCl)N(C(=O)c1ccc([N+](=O)[O-])cc1)N1C(=O)CCC1=O. The van der Waals surface area contributed by atoms with E-state index in [4.69, 9.17) is 23.2 Å². The highest BCUT2D eigenvalue weighted by atomic mass is 35.5. The molecule has 3 rings (SSSR count). The molecule has 2 aromatic rings. The van der Waals surface area contributed by atoms with Gasteiger partial charge in [-0.1, -0.05) is 11.6 Å². The Morgan fingerprint density at radius 2 is 1.53 bits per heavy atom. The van der Waals surface area contributed by atoms with Crippen molar-refractivity contribution in [1.29, 1.82) is 0 Å². The van der Waals surface area contributed by atoms with Gasteiger partial charge in [0.15, 0.2) is 5.78 Å². The maximum Gasteiger partial charge on any atom is 0.273 e. The number of nitro groups is 1. The molecule has 1 aliphatic rings. The number of amides is 3. The van der Waals surface area contributed by atoms with E-state index in [0.717, 1.165) is 17.1 Å². The van der Waals surface area contributed by atoms with Crippen molar-refractivity contribution in [3.63, 3.8) is 0 Å². The first-order valence-corrected chi connectivity index (χ1v) is 10.4. The van der Waals surface area contributed by atoms with Crippen LogP contribution in [-0.4, -0.2) is 50.4 Å². The van der Waals surface area contributed by atoms with E-state index in [1.165, 1.54) is 36.4 Å². The van der Waals surface area contributed by atoms with E-state index in [1.54, 1.807) is 0 Å². The highest BCUT2D eigenvalue weighted by Gasteiger charge is 2.43. The van der Waals surface area contributed by atoms with Crippen LogP contribution in [0.1, 0.15) is 40.0 Å². The van der Waals surface area contributed by atoms with Gasteiger partial charge in [-0.15, -0.1) is 11.6 Å². The molecule has 1 aliphatic heterocycles. The van der Waals surface area contributed by atoms with Gasteiger partial charge in [0.25, 0.3) is 11.6 Å². The van der Waals surface area contributed by atoms with Crippen molar-refractivity contribution >= 4 is 52.4 Å². The number of benzene rings is 2. The number of hydrazine groups is 1. The zero-order valence-corrected chi connectivity index (χ0v) is 18.1. The van der Waals surface area contributed by atoms with Gasteiger partial charge in [-0.3, -0.25) is 29.3 Å². The number of alkyl halides is 1. The van der Waals surface area contributed by atoms with Crippen molar-refractivity contribution in [2.45, 2.75) is 25.3 Å². The van der Waals surface area contributed by atoms with Crippen LogP contribution in [0.25, 0.3) is 0 Å². The minimum Gasteiger partial charge on any atom is -0.292 e. The summed E-state index contributed by atoms with van der Waals surface area (Å²) in [5.41, 5.74) is -0.0623. The lowest BCUT2D eigenvalue weighted by Gasteiger charge is -2.36. The second-order valence-corrected chi connectivity index (χ2v) is 7.73. The average Bonchev–Trinajstić information content (AvgIpc) is 3.11. The van der Waals surface area contributed by atoms with E-state index in [1.807, 2.05) is 0 Å². The minimum absolute atomic E-state index is 0.0356. The molecule has 0 N–H and O–H groups in total. The molecule has 0 aliphatic carbocycles. The van der Waals surface area contributed by atoms with E-state index in [-0.39, 0.29) is 42.0 Å². The maximum absolute atomic E-state index is 13.4. The van der Waals surface area contributed by atoms with E-state index in [0.29, 0.717) is 10.0 Å². The molecule has 3 amide bonds. The van der Waals surface area contributed by atoms with Crippen LogP contribution in [0.5, 0.6) is 0 Å². The fourth-order valence-electron chi connectivity index (χ4n) is 3.31. The highest BCUT2D eigenvalue weighted by Crippen LogP contribution is 2.25. The van der Waals surface area contributed by atoms with Crippen LogP contribution in [0.2, 0.25) is 5.02 Å². The molecule has 1 fully saturated rings. The Labute approximate surface area is 192 Å². The number of carbonyl (C=O) groups is 4.